The summed E-state index contributed by atoms with van der Waals surface area (Å²) in [5, 5.41) is 1.08. The third-order valence-electron chi connectivity index (χ3n) is 3.25. The zero-order chi connectivity index (χ0) is 14.0. The number of rotatable bonds is 8. The first-order valence-electron chi connectivity index (χ1n) is 7.21. The predicted octanol–water partition coefficient (Wildman–Crippen LogP) is 5.22. The molecule has 0 saturated heterocycles. The first kappa shape index (κ1) is 15.1. The summed E-state index contributed by atoms with van der Waals surface area (Å²) in [4.78, 5) is 0. The van der Waals surface area contributed by atoms with Crippen molar-refractivity contribution in [2.45, 2.75) is 25.7 Å². The van der Waals surface area contributed by atoms with E-state index in [1.165, 1.54) is 24.0 Å². The zero-order valence-electron chi connectivity index (χ0n) is 11.7. The molecule has 20 heavy (non-hydrogen) atoms. The molecule has 106 valence electrons. The SMILES string of the molecule is BrCCCCCOc1ccccc1Cc1ccccc1. The molecule has 0 heterocycles. The maximum atomic E-state index is 5.94. The maximum absolute atomic E-state index is 5.94. The molecule has 0 spiro atoms. The lowest BCUT2D eigenvalue weighted by Gasteiger charge is -2.11. The number of hydrogen-bond donors (Lipinski definition) is 0. The Balaban J connectivity index is 1.92. The van der Waals surface area contributed by atoms with Gasteiger partial charge in [0.25, 0.3) is 0 Å². The lowest BCUT2D eigenvalue weighted by Crippen LogP contribution is -2.01. The predicted molar refractivity (Wildman–Crippen MR) is 88.8 cm³/mol. The highest BCUT2D eigenvalue weighted by Gasteiger charge is 2.03. The minimum atomic E-state index is 0.804. The summed E-state index contributed by atoms with van der Waals surface area (Å²) in [5.41, 5.74) is 2.59. The van der Waals surface area contributed by atoms with Crippen LogP contribution in [0.2, 0.25) is 0 Å². The number of benzene rings is 2. The van der Waals surface area contributed by atoms with Gasteiger partial charge in [-0.25, -0.2) is 0 Å². The van der Waals surface area contributed by atoms with Crippen molar-refractivity contribution in [2.75, 3.05) is 11.9 Å². The number of unbranched alkanes of at least 4 members (excludes halogenated alkanes) is 2. The Hall–Kier alpha value is -1.28. The average molecular weight is 333 g/mol. The molecule has 0 atom stereocenters. The van der Waals surface area contributed by atoms with E-state index < -0.39 is 0 Å². The van der Waals surface area contributed by atoms with Crippen LogP contribution in [0.4, 0.5) is 0 Å². The van der Waals surface area contributed by atoms with Crippen molar-refractivity contribution in [1.29, 1.82) is 0 Å². The summed E-state index contributed by atoms with van der Waals surface area (Å²) in [5.74, 6) is 1.02. The van der Waals surface area contributed by atoms with Crippen molar-refractivity contribution in [3.8, 4) is 5.75 Å². The number of alkyl halides is 1. The molecule has 0 N–H and O–H groups in total. The summed E-state index contributed by atoms with van der Waals surface area (Å²) in [7, 11) is 0. The van der Waals surface area contributed by atoms with Crippen molar-refractivity contribution in [1.82, 2.24) is 0 Å². The molecular weight excluding hydrogens is 312 g/mol. The number of ether oxygens (including phenoxy) is 1. The van der Waals surface area contributed by atoms with Crippen LogP contribution < -0.4 is 4.74 Å². The van der Waals surface area contributed by atoms with Gasteiger partial charge in [0.05, 0.1) is 6.61 Å². The quantitative estimate of drug-likeness (QED) is 0.475. The summed E-state index contributed by atoms with van der Waals surface area (Å²) < 4.78 is 5.94. The minimum absolute atomic E-state index is 0.804. The van der Waals surface area contributed by atoms with Crippen molar-refractivity contribution >= 4 is 15.9 Å². The molecule has 0 aromatic heterocycles. The lowest BCUT2D eigenvalue weighted by atomic mass is 10.0. The highest BCUT2D eigenvalue weighted by atomic mass is 79.9. The number of hydrogen-bond acceptors (Lipinski definition) is 1. The molecule has 2 rings (SSSR count). The molecule has 1 nitrogen and oxygen atoms in total. The Labute approximate surface area is 130 Å². The van der Waals surface area contributed by atoms with Gasteiger partial charge in [-0.1, -0.05) is 64.5 Å². The minimum Gasteiger partial charge on any atom is -0.493 e. The lowest BCUT2D eigenvalue weighted by molar-refractivity contribution is 0.304. The van der Waals surface area contributed by atoms with E-state index in [0.29, 0.717) is 0 Å². The highest BCUT2D eigenvalue weighted by molar-refractivity contribution is 9.09. The first-order chi connectivity index (χ1) is 9.90. The van der Waals surface area contributed by atoms with Gasteiger partial charge in [-0.05, 0) is 36.5 Å². The summed E-state index contributed by atoms with van der Waals surface area (Å²) in [6, 6.07) is 18.9. The van der Waals surface area contributed by atoms with Crippen LogP contribution in [-0.2, 0) is 6.42 Å². The molecule has 0 aliphatic carbocycles. The van der Waals surface area contributed by atoms with Gasteiger partial charge in [-0.3, -0.25) is 0 Å². The largest absolute Gasteiger partial charge is 0.493 e. The molecule has 2 aromatic carbocycles. The van der Waals surface area contributed by atoms with E-state index >= 15 is 0 Å². The normalized spacial score (nSPS) is 10.4. The molecule has 2 heteroatoms. The van der Waals surface area contributed by atoms with E-state index in [2.05, 4.69) is 64.5 Å². The van der Waals surface area contributed by atoms with E-state index in [0.717, 1.165) is 30.5 Å². The third-order valence-corrected chi connectivity index (χ3v) is 3.81. The van der Waals surface area contributed by atoms with Gasteiger partial charge in [0.1, 0.15) is 5.75 Å². The Bertz CT molecular complexity index is 496. The van der Waals surface area contributed by atoms with E-state index in [9.17, 15) is 0 Å². The van der Waals surface area contributed by atoms with Gasteiger partial charge in [-0.2, -0.15) is 0 Å². The van der Waals surface area contributed by atoms with Crippen molar-refractivity contribution in [3.63, 3.8) is 0 Å². The molecular formula is C18H21BrO. The summed E-state index contributed by atoms with van der Waals surface area (Å²) in [6.07, 6.45) is 4.48. The van der Waals surface area contributed by atoms with Crippen LogP contribution in [0.25, 0.3) is 0 Å². The van der Waals surface area contributed by atoms with E-state index in [1.54, 1.807) is 0 Å². The Morgan fingerprint density at radius 2 is 1.55 bits per heavy atom. The molecule has 0 aliphatic heterocycles. The van der Waals surface area contributed by atoms with Gasteiger partial charge in [-0.15, -0.1) is 0 Å². The van der Waals surface area contributed by atoms with E-state index in [1.807, 2.05) is 6.07 Å². The van der Waals surface area contributed by atoms with Crippen molar-refractivity contribution < 1.29 is 4.74 Å². The van der Waals surface area contributed by atoms with Gasteiger partial charge < -0.3 is 4.74 Å². The van der Waals surface area contributed by atoms with Gasteiger partial charge in [0.2, 0.25) is 0 Å². The van der Waals surface area contributed by atoms with Crippen molar-refractivity contribution in [2.24, 2.45) is 0 Å². The molecule has 0 amide bonds. The molecule has 0 fully saturated rings. The molecule has 0 saturated carbocycles. The summed E-state index contributed by atoms with van der Waals surface area (Å²) >= 11 is 3.45. The number of para-hydroxylation sites is 1. The fourth-order valence-electron chi connectivity index (χ4n) is 2.16. The van der Waals surface area contributed by atoms with Crippen LogP contribution in [0, 0.1) is 0 Å². The fourth-order valence-corrected chi connectivity index (χ4v) is 2.56. The zero-order valence-corrected chi connectivity index (χ0v) is 13.3. The second-order valence-corrected chi connectivity index (χ2v) is 5.66. The van der Waals surface area contributed by atoms with Crippen molar-refractivity contribution in [3.05, 3.63) is 65.7 Å². The fraction of sp³-hybridized carbons (Fsp3) is 0.333. The highest BCUT2D eigenvalue weighted by Crippen LogP contribution is 2.21. The van der Waals surface area contributed by atoms with Gasteiger partial charge >= 0.3 is 0 Å². The van der Waals surface area contributed by atoms with Crippen LogP contribution in [0.3, 0.4) is 0 Å². The summed E-state index contributed by atoms with van der Waals surface area (Å²) in [6.45, 7) is 0.804. The van der Waals surface area contributed by atoms with E-state index in [4.69, 9.17) is 4.74 Å². The maximum Gasteiger partial charge on any atom is 0.122 e. The second kappa shape index (κ2) is 8.80. The van der Waals surface area contributed by atoms with Gasteiger partial charge in [0.15, 0.2) is 0 Å². The molecule has 0 unspecified atom stereocenters. The monoisotopic (exact) mass is 332 g/mol. The molecule has 0 bridgehead atoms. The first-order valence-corrected chi connectivity index (χ1v) is 8.33. The molecule has 0 aliphatic rings. The van der Waals surface area contributed by atoms with Crippen LogP contribution in [0.1, 0.15) is 30.4 Å². The van der Waals surface area contributed by atoms with Crippen LogP contribution in [0.15, 0.2) is 54.6 Å². The molecule has 0 radical (unpaired) electrons. The topological polar surface area (TPSA) is 9.23 Å². The average Bonchev–Trinajstić information content (AvgIpc) is 2.50. The Kier molecular flexibility index (Phi) is 6.65. The van der Waals surface area contributed by atoms with Crippen LogP contribution in [0.5, 0.6) is 5.75 Å². The Morgan fingerprint density at radius 3 is 2.35 bits per heavy atom. The standard InChI is InChI=1S/C18H21BrO/c19-13-7-2-8-14-20-18-12-6-5-11-17(18)15-16-9-3-1-4-10-16/h1,3-6,9-12H,2,7-8,13-15H2. The van der Waals surface area contributed by atoms with Crippen LogP contribution in [-0.4, -0.2) is 11.9 Å². The number of halogens is 1. The second-order valence-electron chi connectivity index (χ2n) is 4.87. The van der Waals surface area contributed by atoms with Crippen LogP contribution >= 0.6 is 15.9 Å². The smallest absolute Gasteiger partial charge is 0.122 e. The third kappa shape index (κ3) is 5.01. The molecule has 2 aromatic rings. The Morgan fingerprint density at radius 1 is 0.800 bits per heavy atom. The van der Waals surface area contributed by atoms with Gasteiger partial charge in [0, 0.05) is 11.8 Å². The van der Waals surface area contributed by atoms with E-state index in [-0.39, 0.29) is 0 Å².